The van der Waals surface area contributed by atoms with E-state index in [9.17, 15) is 4.79 Å². The van der Waals surface area contributed by atoms with Crippen LogP contribution in [0.4, 0.5) is 0 Å². The number of nitriles is 1. The van der Waals surface area contributed by atoms with E-state index >= 15 is 0 Å². The van der Waals surface area contributed by atoms with Crippen molar-refractivity contribution < 1.29 is 0 Å². The largest absolute Gasteiger partial charge is 0.292 e. The molecule has 102 valence electrons. The summed E-state index contributed by atoms with van der Waals surface area (Å²) in [4.78, 5) is 16.4. The number of benzene rings is 1. The summed E-state index contributed by atoms with van der Waals surface area (Å²) in [5.41, 5.74) is 1.15. The zero-order chi connectivity index (χ0) is 14.7. The molecule has 0 atom stereocenters. The minimum absolute atomic E-state index is 0.0654. The molecule has 0 N–H and O–H groups in total. The molecule has 0 radical (unpaired) electrons. The van der Waals surface area contributed by atoms with Gasteiger partial charge in [-0.1, -0.05) is 43.6 Å². The third kappa shape index (κ3) is 2.89. The lowest BCUT2D eigenvalue weighted by Crippen LogP contribution is -2.26. The maximum Gasteiger partial charge on any atom is 0.255 e. The quantitative estimate of drug-likeness (QED) is 0.816. The van der Waals surface area contributed by atoms with Crippen LogP contribution in [0.5, 0.6) is 0 Å². The highest BCUT2D eigenvalue weighted by Crippen LogP contribution is 2.15. The van der Waals surface area contributed by atoms with Gasteiger partial charge < -0.3 is 0 Å². The van der Waals surface area contributed by atoms with Crippen molar-refractivity contribution in [1.82, 2.24) is 9.55 Å². The third-order valence-electron chi connectivity index (χ3n) is 2.99. The fraction of sp³-hybridized carbons (Fsp3) is 0.267. The predicted molar refractivity (Wildman–Crippen MR) is 77.9 cm³/mol. The second kappa shape index (κ2) is 5.89. The molecule has 2 rings (SSSR count). The summed E-state index contributed by atoms with van der Waals surface area (Å²) >= 11 is 5.85. The molecule has 5 heteroatoms. The van der Waals surface area contributed by atoms with Crippen molar-refractivity contribution in [3.05, 3.63) is 62.8 Å². The number of nitrogens with zero attached hydrogens (tertiary/aromatic N) is 3. The Labute approximate surface area is 122 Å². The fourth-order valence-electron chi connectivity index (χ4n) is 2.03. The van der Waals surface area contributed by atoms with E-state index in [1.165, 1.54) is 6.07 Å². The number of aromatic nitrogens is 2. The van der Waals surface area contributed by atoms with Crippen molar-refractivity contribution in [1.29, 1.82) is 5.26 Å². The molecule has 0 bridgehead atoms. The second-order valence-electron chi connectivity index (χ2n) is 4.79. The van der Waals surface area contributed by atoms with E-state index in [0.29, 0.717) is 17.9 Å². The molecule has 0 aliphatic rings. The van der Waals surface area contributed by atoms with Gasteiger partial charge in [0, 0.05) is 12.0 Å². The molecule has 2 aromatic rings. The van der Waals surface area contributed by atoms with Crippen molar-refractivity contribution in [2.45, 2.75) is 26.3 Å². The first-order valence-corrected chi connectivity index (χ1v) is 6.66. The van der Waals surface area contributed by atoms with Crippen LogP contribution in [0.15, 0.2) is 35.1 Å². The number of halogens is 1. The molecule has 0 saturated carbocycles. The lowest BCUT2D eigenvalue weighted by Gasteiger charge is -2.15. The van der Waals surface area contributed by atoms with E-state index < -0.39 is 0 Å². The molecule has 1 aromatic carbocycles. The van der Waals surface area contributed by atoms with Crippen LogP contribution < -0.4 is 5.56 Å². The van der Waals surface area contributed by atoms with Crippen LogP contribution in [-0.2, 0) is 6.54 Å². The topological polar surface area (TPSA) is 58.7 Å². The lowest BCUT2D eigenvalue weighted by molar-refractivity contribution is 0.624. The van der Waals surface area contributed by atoms with Crippen LogP contribution in [-0.4, -0.2) is 9.55 Å². The maximum absolute atomic E-state index is 12.1. The normalized spacial score (nSPS) is 10.6. The summed E-state index contributed by atoms with van der Waals surface area (Å²) in [5, 5.41) is 9.31. The Morgan fingerprint density at radius 3 is 2.75 bits per heavy atom. The number of rotatable bonds is 3. The zero-order valence-electron chi connectivity index (χ0n) is 11.3. The van der Waals surface area contributed by atoms with Gasteiger partial charge in [-0.3, -0.25) is 9.36 Å². The van der Waals surface area contributed by atoms with Crippen LogP contribution in [0.3, 0.4) is 0 Å². The van der Waals surface area contributed by atoms with E-state index in [2.05, 4.69) is 11.1 Å². The average Bonchev–Trinajstić information content (AvgIpc) is 2.41. The van der Waals surface area contributed by atoms with Crippen molar-refractivity contribution >= 4 is 11.6 Å². The molecule has 0 amide bonds. The fourth-order valence-corrected chi connectivity index (χ4v) is 2.21. The second-order valence-corrected chi connectivity index (χ2v) is 5.17. The Bertz CT molecular complexity index is 729. The minimum Gasteiger partial charge on any atom is -0.292 e. The van der Waals surface area contributed by atoms with E-state index in [4.69, 9.17) is 16.9 Å². The number of hydrogen-bond donors (Lipinski definition) is 0. The molecule has 0 fully saturated rings. The van der Waals surface area contributed by atoms with Crippen LogP contribution in [0, 0.1) is 11.3 Å². The first-order chi connectivity index (χ1) is 9.52. The highest BCUT2D eigenvalue weighted by Gasteiger charge is 2.13. The molecular formula is C15H14ClN3O. The van der Waals surface area contributed by atoms with Crippen molar-refractivity contribution in [3.8, 4) is 6.07 Å². The van der Waals surface area contributed by atoms with E-state index in [1.54, 1.807) is 16.7 Å². The van der Waals surface area contributed by atoms with Crippen molar-refractivity contribution in [2.75, 3.05) is 0 Å². The Morgan fingerprint density at radius 1 is 1.40 bits per heavy atom. The maximum atomic E-state index is 12.1. The third-order valence-corrected chi connectivity index (χ3v) is 3.18. The van der Waals surface area contributed by atoms with Gasteiger partial charge in [0.1, 0.15) is 11.0 Å². The summed E-state index contributed by atoms with van der Waals surface area (Å²) in [6.07, 6.45) is 0. The summed E-state index contributed by atoms with van der Waals surface area (Å²) < 4.78 is 1.56. The first-order valence-electron chi connectivity index (χ1n) is 6.28. The molecule has 0 aliphatic carbocycles. The summed E-state index contributed by atoms with van der Waals surface area (Å²) in [6.45, 7) is 4.22. The van der Waals surface area contributed by atoms with Gasteiger partial charge in [-0.2, -0.15) is 5.26 Å². The first kappa shape index (κ1) is 14.3. The molecule has 0 spiro atoms. The Kier molecular flexibility index (Phi) is 4.21. The molecule has 0 unspecified atom stereocenters. The summed E-state index contributed by atoms with van der Waals surface area (Å²) in [6, 6.07) is 10.6. The average molecular weight is 288 g/mol. The zero-order valence-corrected chi connectivity index (χ0v) is 12.1. The standard InChI is InChI=1S/C15H14ClN3O/c1-10(2)15-18-13(16)7-14(20)19(15)9-12-6-4-3-5-11(12)8-17/h3-7,10H,9H2,1-2H3. The van der Waals surface area contributed by atoms with Crippen LogP contribution >= 0.6 is 11.6 Å². The SMILES string of the molecule is CC(C)c1nc(Cl)cc(=O)n1Cc1ccccc1C#N. The van der Waals surface area contributed by atoms with Gasteiger partial charge in [0.15, 0.2) is 0 Å². The smallest absolute Gasteiger partial charge is 0.255 e. The van der Waals surface area contributed by atoms with Crippen LogP contribution in [0.25, 0.3) is 0 Å². The lowest BCUT2D eigenvalue weighted by atomic mass is 10.1. The van der Waals surface area contributed by atoms with Gasteiger partial charge in [-0.05, 0) is 11.6 Å². The molecule has 4 nitrogen and oxygen atoms in total. The molecule has 20 heavy (non-hydrogen) atoms. The van der Waals surface area contributed by atoms with E-state index in [1.807, 2.05) is 26.0 Å². The van der Waals surface area contributed by atoms with Gasteiger partial charge in [-0.25, -0.2) is 4.98 Å². The van der Waals surface area contributed by atoms with E-state index in [0.717, 1.165) is 5.56 Å². The van der Waals surface area contributed by atoms with Gasteiger partial charge in [-0.15, -0.1) is 0 Å². The minimum atomic E-state index is -0.207. The van der Waals surface area contributed by atoms with Gasteiger partial charge in [0.05, 0.1) is 18.2 Å². The molecular weight excluding hydrogens is 274 g/mol. The Morgan fingerprint density at radius 2 is 2.10 bits per heavy atom. The Hall–Kier alpha value is -2.12. The van der Waals surface area contributed by atoms with Crippen LogP contribution in [0.1, 0.15) is 36.7 Å². The van der Waals surface area contributed by atoms with Gasteiger partial charge in [0.25, 0.3) is 5.56 Å². The van der Waals surface area contributed by atoms with Crippen molar-refractivity contribution in [2.24, 2.45) is 0 Å². The van der Waals surface area contributed by atoms with Gasteiger partial charge in [0.2, 0.25) is 0 Å². The molecule has 0 aliphatic heterocycles. The molecule has 1 heterocycles. The highest BCUT2D eigenvalue weighted by atomic mass is 35.5. The molecule has 0 saturated heterocycles. The van der Waals surface area contributed by atoms with Crippen LogP contribution in [0.2, 0.25) is 5.15 Å². The monoisotopic (exact) mass is 287 g/mol. The van der Waals surface area contributed by atoms with Gasteiger partial charge >= 0.3 is 0 Å². The predicted octanol–water partition coefficient (Wildman–Crippen LogP) is 2.94. The van der Waals surface area contributed by atoms with Crippen molar-refractivity contribution in [3.63, 3.8) is 0 Å². The summed E-state index contributed by atoms with van der Waals surface area (Å²) in [5.74, 6) is 0.686. The highest BCUT2D eigenvalue weighted by molar-refractivity contribution is 6.29. The Balaban J connectivity index is 2.54. The summed E-state index contributed by atoms with van der Waals surface area (Å²) in [7, 11) is 0. The van der Waals surface area contributed by atoms with E-state index in [-0.39, 0.29) is 16.6 Å². The molecule has 1 aromatic heterocycles. The number of hydrogen-bond acceptors (Lipinski definition) is 3.